The van der Waals surface area contributed by atoms with Crippen molar-refractivity contribution < 1.29 is 19.1 Å². The van der Waals surface area contributed by atoms with Gasteiger partial charge in [0.2, 0.25) is 5.60 Å². The summed E-state index contributed by atoms with van der Waals surface area (Å²) >= 11 is 1.83. The highest BCUT2D eigenvalue weighted by molar-refractivity contribution is 7.09. The van der Waals surface area contributed by atoms with Crippen molar-refractivity contribution in [1.29, 1.82) is 0 Å². The predicted molar refractivity (Wildman–Crippen MR) is 130 cm³/mol. The molecule has 1 aromatic heterocycles. The van der Waals surface area contributed by atoms with Crippen molar-refractivity contribution in [3.05, 3.63) is 82.0 Å². The molecular formula is C28H30NO3S+. The molecular weight excluding hydrogens is 430 g/mol. The van der Waals surface area contributed by atoms with Crippen LogP contribution in [0.4, 0.5) is 0 Å². The van der Waals surface area contributed by atoms with Crippen molar-refractivity contribution in [1.82, 2.24) is 0 Å². The van der Waals surface area contributed by atoms with Crippen LogP contribution in [0, 0.1) is 5.92 Å². The van der Waals surface area contributed by atoms with Crippen molar-refractivity contribution in [3.8, 4) is 11.1 Å². The van der Waals surface area contributed by atoms with Crippen LogP contribution in [0.3, 0.4) is 0 Å². The van der Waals surface area contributed by atoms with E-state index in [-0.39, 0.29) is 6.10 Å². The maximum absolute atomic E-state index is 13.6. The Morgan fingerprint density at radius 1 is 1.00 bits per heavy atom. The van der Waals surface area contributed by atoms with Crippen LogP contribution in [-0.2, 0) is 21.6 Å². The van der Waals surface area contributed by atoms with Crippen LogP contribution in [0.2, 0.25) is 0 Å². The Labute approximate surface area is 199 Å². The van der Waals surface area contributed by atoms with Gasteiger partial charge in [0, 0.05) is 41.2 Å². The number of rotatable bonds is 6. The molecule has 3 saturated heterocycles. The fourth-order valence-corrected chi connectivity index (χ4v) is 7.12. The molecule has 4 aliphatic rings. The molecule has 1 unspecified atom stereocenters. The number of fused-ring (bicyclic) bond motifs is 6. The van der Waals surface area contributed by atoms with Crippen LogP contribution in [-0.4, -0.2) is 47.8 Å². The average Bonchev–Trinajstić information content (AvgIpc) is 3.46. The van der Waals surface area contributed by atoms with Crippen LogP contribution in [0.5, 0.6) is 0 Å². The SMILES string of the molecule is O=C(OC1C[N+]2(CCCc3cccs3)CCC1CC2)C1(O)c2ccccc2-c2ccccc21. The first kappa shape index (κ1) is 21.1. The van der Waals surface area contributed by atoms with E-state index in [1.54, 1.807) is 0 Å². The molecule has 4 nitrogen and oxygen atoms in total. The Morgan fingerprint density at radius 3 is 2.30 bits per heavy atom. The van der Waals surface area contributed by atoms with E-state index in [9.17, 15) is 9.90 Å². The van der Waals surface area contributed by atoms with Gasteiger partial charge in [-0.3, -0.25) is 0 Å². The molecule has 3 aromatic rings. The number of nitrogens with zero attached hydrogens (tertiary/aromatic N) is 1. The number of benzene rings is 2. The number of carbonyl (C=O) groups excluding carboxylic acids is 1. The van der Waals surface area contributed by atoms with Gasteiger partial charge in [-0.05, 0) is 29.0 Å². The monoisotopic (exact) mass is 460 g/mol. The smallest absolute Gasteiger partial charge is 0.348 e. The minimum Gasteiger partial charge on any atom is -0.453 e. The summed E-state index contributed by atoms with van der Waals surface area (Å²) in [5.74, 6) is -0.114. The molecule has 0 amide bonds. The third-order valence-electron chi connectivity index (χ3n) is 8.15. The van der Waals surface area contributed by atoms with E-state index in [0.29, 0.717) is 17.0 Å². The lowest BCUT2D eigenvalue weighted by Gasteiger charge is -2.52. The van der Waals surface area contributed by atoms with E-state index in [2.05, 4.69) is 17.5 Å². The zero-order valence-corrected chi connectivity index (χ0v) is 19.6. The molecule has 0 saturated carbocycles. The minimum atomic E-state index is -1.73. The highest BCUT2D eigenvalue weighted by atomic mass is 32.1. The zero-order chi connectivity index (χ0) is 22.5. The molecule has 2 aromatic carbocycles. The Bertz CT molecular complexity index is 1120. The minimum absolute atomic E-state index is 0.120. The van der Waals surface area contributed by atoms with E-state index < -0.39 is 11.6 Å². The Balaban J connectivity index is 1.21. The summed E-state index contributed by atoms with van der Waals surface area (Å²) < 4.78 is 7.25. The second-order valence-electron chi connectivity index (χ2n) is 9.96. The number of aryl methyl sites for hydroxylation is 1. The van der Waals surface area contributed by atoms with Gasteiger partial charge in [-0.25, -0.2) is 4.79 Å². The summed E-state index contributed by atoms with van der Waals surface area (Å²) in [6.45, 7) is 4.37. The van der Waals surface area contributed by atoms with E-state index in [1.807, 2.05) is 59.9 Å². The first-order chi connectivity index (χ1) is 16.1. The van der Waals surface area contributed by atoms with Crippen molar-refractivity contribution in [2.24, 2.45) is 5.92 Å². The summed E-state index contributed by atoms with van der Waals surface area (Å²) in [6.07, 6.45) is 4.37. The van der Waals surface area contributed by atoms with Crippen LogP contribution < -0.4 is 0 Å². The van der Waals surface area contributed by atoms with E-state index in [1.165, 1.54) is 18.0 Å². The molecule has 1 N–H and O–H groups in total. The van der Waals surface area contributed by atoms with Gasteiger partial charge in [0.25, 0.3) is 0 Å². The molecule has 0 radical (unpaired) electrons. The summed E-state index contributed by atoms with van der Waals surface area (Å²) in [4.78, 5) is 15.1. The Hall–Kier alpha value is -2.47. The van der Waals surface area contributed by atoms with Crippen LogP contribution in [0.1, 0.15) is 35.3 Å². The van der Waals surface area contributed by atoms with Gasteiger partial charge in [0.1, 0.15) is 6.54 Å². The molecule has 3 fully saturated rings. The fraction of sp³-hybridized carbons (Fsp3) is 0.393. The zero-order valence-electron chi connectivity index (χ0n) is 18.8. The molecule has 7 rings (SSSR count). The molecule has 5 heteroatoms. The quantitative estimate of drug-likeness (QED) is 0.427. The Kier molecular flexibility index (Phi) is 5.17. The number of quaternary nitrogens is 1. The molecule has 170 valence electrons. The largest absolute Gasteiger partial charge is 0.453 e. The van der Waals surface area contributed by atoms with Crippen molar-refractivity contribution in [2.75, 3.05) is 26.2 Å². The van der Waals surface area contributed by atoms with Crippen LogP contribution in [0.15, 0.2) is 66.0 Å². The molecule has 2 bridgehead atoms. The molecule has 4 heterocycles. The standard InChI is InChI=1S/C28H30NO3S/c30-27(28(31)24-11-3-1-9-22(24)23-10-2-4-12-25(23)28)32-26-19-29(16-13-20(26)14-17-29)15-5-7-21-8-6-18-33-21/h1-4,6,8-12,18,20,26,31H,5,7,13-17,19H2/q+1. The first-order valence-corrected chi connectivity index (χ1v) is 13.0. The van der Waals surface area contributed by atoms with Gasteiger partial charge >= 0.3 is 5.97 Å². The molecule has 1 aliphatic carbocycles. The fourth-order valence-electron chi connectivity index (χ4n) is 6.37. The predicted octanol–water partition coefficient (Wildman–Crippen LogP) is 4.75. The van der Waals surface area contributed by atoms with E-state index >= 15 is 0 Å². The molecule has 3 aliphatic heterocycles. The molecule has 1 atom stereocenters. The van der Waals surface area contributed by atoms with Gasteiger partial charge in [0.05, 0.1) is 19.6 Å². The summed E-state index contributed by atoms with van der Waals surface area (Å²) in [5.41, 5.74) is 1.37. The lowest BCUT2D eigenvalue weighted by molar-refractivity contribution is -0.946. The highest BCUT2D eigenvalue weighted by Crippen LogP contribution is 2.48. The number of ether oxygens (including phenoxy) is 1. The van der Waals surface area contributed by atoms with E-state index in [0.717, 1.165) is 54.4 Å². The average molecular weight is 461 g/mol. The summed E-state index contributed by atoms with van der Waals surface area (Å²) in [5, 5.41) is 13.9. The van der Waals surface area contributed by atoms with Crippen LogP contribution >= 0.6 is 11.3 Å². The number of carbonyl (C=O) groups is 1. The summed E-state index contributed by atoms with van der Waals surface area (Å²) in [6, 6.07) is 19.7. The second kappa shape index (κ2) is 8.08. The van der Waals surface area contributed by atoms with Crippen molar-refractivity contribution in [2.45, 2.75) is 37.4 Å². The third-order valence-corrected chi connectivity index (χ3v) is 9.09. The number of piperidine rings is 3. The highest BCUT2D eigenvalue weighted by Gasteiger charge is 2.53. The number of hydrogen-bond donors (Lipinski definition) is 1. The summed E-state index contributed by atoms with van der Waals surface area (Å²) in [7, 11) is 0. The van der Waals surface area contributed by atoms with Gasteiger partial charge in [-0.1, -0.05) is 54.6 Å². The maximum Gasteiger partial charge on any atom is 0.348 e. The first-order valence-electron chi connectivity index (χ1n) is 12.1. The van der Waals surface area contributed by atoms with E-state index in [4.69, 9.17) is 4.74 Å². The van der Waals surface area contributed by atoms with Gasteiger partial charge in [-0.2, -0.15) is 0 Å². The van der Waals surface area contributed by atoms with Crippen LogP contribution in [0.25, 0.3) is 11.1 Å². The van der Waals surface area contributed by atoms with Gasteiger partial charge in [-0.15, -0.1) is 11.3 Å². The lowest BCUT2D eigenvalue weighted by atomic mass is 9.82. The molecule has 0 spiro atoms. The number of esters is 1. The number of aliphatic hydroxyl groups is 1. The third kappa shape index (κ3) is 3.45. The lowest BCUT2D eigenvalue weighted by Crippen LogP contribution is -2.65. The topological polar surface area (TPSA) is 46.5 Å². The molecule has 33 heavy (non-hydrogen) atoms. The Morgan fingerprint density at radius 2 is 1.67 bits per heavy atom. The van der Waals surface area contributed by atoms with Gasteiger partial charge < -0.3 is 14.3 Å². The second-order valence-corrected chi connectivity index (χ2v) is 11.0. The number of hydrogen-bond acceptors (Lipinski definition) is 4. The number of thiophene rings is 1. The maximum atomic E-state index is 13.6. The van der Waals surface area contributed by atoms with Crippen molar-refractivity contribution in [3.63, 3.8) is 0 Å². The normalized spacial score (nSPS) is 26.6. The van der Waals surface area contributed by atoms with Gasteiger partial charge in [0.15, 0.2) is 6.10 Å². The van der Waals surface area contributed by atoms with Crippen molar-refractivity contribution >= 4 is 17.3 Å².